The molecule has 0 atom stereocenters. The van der Waals surface area contributed by atoms with Crippen LogP contribution in [0.3, 0.4) is 0 Å². The van der Waals surface area contributed by atoms with Crippen LogP contribution in [0.4, 0.5) is 14.9 Å². The summed E-state index contributed by atoms with van der Waals surface area (Å²) >= 11 is 6.45. The molecule has 0 spiro atoms. The van der Waals surface area contributed by atoms with Crippen LogP contribution in [-0.2, 0) is 11.2 Å². The maximum Gasteiger partial charge on any atom is 0.326 e. The molecule has 0 unspecified atom stereocenters. The SMILES string of the molecule is C=C1CCN(c2cc(C(=O)N3CCC(OC4CCN(CCc5c(F)cc(C6=CN(CCCC)C(=C)c7cnccc76)cc5OC)CC4)CC3)ccc2Cl)C(=O)N1. The Labute approximate surface area is 334 Å². The minimum atomic E-state index is -0.296. The van der Waals surface area contributed by atoms with Gasteiger partial charge in [0.2, 0.25) is 0 Å². The van der Waals surface area contributed by atoms with Gasteiger partial charge < -0.3 is 29.5 Å². The summed E-state index contributed by atoms with van der Waals surface area (Å²) < 4.78 is 28.3. The molecule has 3 saturated heterocycles. The molecule has 3 amide bonds. The molecule has 4 aliphatic heterocycles. The number of nitrogens with one attached hydrogen (secondary N) is 1. The van der Waals surface area contributed by atoms with Gasteiger partial charge in [0, 0.05) is 104 Å². The van der Waals surface area contributed by atoms with Crippen LogP contribution in [0.5, 0.6) is 5.75 Å². The van der Waals surface area contributed by atoms with Crippen LogP contribution in [0.15, 0.2) is 73.8 Å². The van der Waals surface area contributed by atoms with Gasteiger partial charge in [0.1, 0.15) is 11.6 Å². The number of halogens is 2. The van der Waals surface area contributed by atoms with Crippen LogP contribution >= 0.6 is 11.6 Å². The number of amides is 3. The number of ether oxygens (including phenoxy) is 2. The molecule has 0 aliphatic carbocycles. The summed E-state index contributed by atoms with van der Waals surface area (Å²) in [5.74, 6) is 0.219. The predicted octanol–water partition coefficient (Wildman–Crippen LogP) is 8.12. The van der Waals surface area contributed by atoms with Crippen LogP contribution in [0.2, 0.25) is 5.02 Å². The summed E-state index contributed by atoms with van der Waals surface area (Å²) in [7, 11) is 1.61. The van der Waals surface area contributed by atoms with Gasteiger partial charge in [-0.15, -0.1) is 0 Å². The van der Waals surface area contributed by atoms with Gasteiger partial charge >= 0.3 is 6.03 Å². The van der Waals surface area contributed by atoms with Crippen molar-refractivity contribution in [1.29, 1.82) is 0 Å². The second kappa shape index (κ2) is 17.6. The Morgan fingerprint density at radius 1 is 1.00 bits per heavy atom. The molecule has 7 rings (SSSR count). The first-order valence-electron chi connectivity index (χ1n) is 19.8. The van der Waals surface area contributed by atoms with E-state index in [9.17, 15) is 9.59 Å². The average Bonchev–Trinajstić information content (AvgIpc) is 3.21. The number of aromatic nitrogens is 1. The molecule has 3 fully saturated rings. The molecule has 296 valence electrons. The second-order valence-corrected chi connectivity index (χ2v) is 15.5. The standard InChI is InChI=1S/C44H52ClFN6O4/c1-5-6-17-51-28-38(35-9-16-47-27-37(35)30(51)3)32-24-40(46)36(42(26-32)55-4)15-20-49-18-11-33(12-19-49)56-34-13-21-50(22-14-34)43(53)31-7-8-39(45)41(25-31)52-23-10-29(2)48-44(52)54/h7-9,16,24-28,33-34H,2-3,5-6,10-15,17-23H2,1,4H3,(H,48,54). The number of hydrogen-bond donors (Lipinski definition) is 1. The number of fused-ring (bicyclic) bond motifs is 1. The molecule has 12 heteroatoms. The number of pyridine rings is 1. The fraction of sp³-hybridized carbons (Fsp3) is 0.432. The number of unbranched alkanes of at least 4 members (excludes halogenated alkanes) is 1. The van der Waals surface area contributed by atoms with Crippen molar-refractivity contribution in [3.05, 3.63) is 113 Å². The van der Waals surface area contributed by atoms with E-state index in [1.165, 1.54) is 0 Å². The smallest absolute Gasteiger partial charge is 0.326 e. The molecule has 56 heavy (non-hydrogen) atoms. The third-order valence-corrected chi connectivity index (χ3v) is 11.8. The van der Waals surface area contributed by atoms with E-state index < -0.39 is 0 Å². The first-order chi connectivity index (χ1) is 27.1. The van der Waals surface area contributed by atoms with E-state index in [0.29, 0.717) is 65.8 Å². The minimum Gasteiger partial charge on any atom is -0.496 e. The highest BCUT2D eigenvalue weighted by Gasteiger charge is 2.30. The highest BCUT2D eigenvalue weighted by Crippen LogP contribution is 2.39. The lowest BCUT2D eigenvalue weighted by Gasteiger charge is -2.37. The zero-order valence-corrected chi connectivity index (χ0v) is 33.3. The van der Waals surface area contributed by atoms with Gasteiger partial charge in [-0.05, 0) is 86.1 Å². The number of piperidine rings is 2. The van der Waals surface area contributed by atoms with Crippen molar-refractivity contribution in [3.63, 3.8) is 0 Å². The van der Waals surface area contributed by atoms with E-state index in [4.69, 9.17) is 21.1 Å². The molecule has 3 aromatic rings. The monoisotopic (exact) mass is 782 g/mol. The predicted molar refractivity (Wildman–Crippen MR) is 219 cm³/mol. The van der Waals surface area contributed by atoms with Crippen molar-refractivity contribution >= 4 is 40.5 Å². The third kappa shape index (κ3) is 8.65. The van der Waals surface area contributed by atoms with Gasteiger partial charge in [0.15, 0.2) is 0 Å². The lowest BCUT2D eigenvalue weighted by atomic mass is 9.90. The number of nitrogens with zero attached hydrogens (tertiary/aromatic N) is 5. The fourth-order valence-electron chi connectivity index (χ4n) is 8.17. The number of likely N-dealkylation sites (tertiary alicyclic amines) is 2. The largest absolute Gasteiger partial charge is 0.496 e. The van der Waals surface area contributed by atoms with Gasteiger partial charge in [0.05, 0.1) is 30.0 Å². The Bertz CT molecular complexity index is 2000. The quantitative estimate of drug-likeness (QED) is 0.199. The Kier molecular flexibility index (Phi) is 12.4. The lowest BCUT2D eigenvalue weighted by molar-refractivity contribution is -0.0620. The second-order valence-electron chi connectivity index (χ2n) is 15.1. The van der Waals surface area contributed by atoms with Crippen LogP contribution in [0, 0.1) is 5.82 Å². The molecule has 5 heterocycles. The number of carbonyl (C=O) groups excluding carboxylic acids is 2. The first kappa shape index (κ1) is 39.5. The molecular formula is C44H52ClFN6O4. The normalized spacial score (nSPS) is 18.5. The van der Waals surface area contributed by atoms with Crippen LogP contribution in [-0.4, -0.2) is 96.8 Å². The van der Waals surface area contributed by atoms with E-state index in [1.54, 1.807) is 42.5 Å². The van der Waals surface area contributed by atoms with Crippen molar-refractivity contribution in [2.24, 2.45) is 0 Å². The van der Waals surface area contributed by atoms with E-state index in [1.807, 2.05) is 23.2 Å². The number of carbonyl (C=O) groups is 2. The number of urea groups is 1. The van der Waals surface area contributed by atoms with E-state index in [2.05, 4.69) is 46.4 Å². The number of anilines is 1. The Morgan fingerprint density at radius 3 is 2.46 bits per heavy atom. The summed E-state index contributed by atoms with van der Waals surface area (Å²) in [6.45, 7) is 15.3. The molecule has 2 aromatic carbocycles. The summed E-state index contributed by atoms with van der Waals surface area (Å²) in [6, 6.07) is 10.4. The maximum atomic E-state index is 16.0. The molecule has 0 saturated carbocycles. The zero-order chi connectivity index (χ0) is 39.3. The average molecular weight is 783 g/mol. The van der Waals surface area contributed by atoms with Crippen LogP contribution in [0.25, 0.3) is 11.3 Å². The molecule has 0 radical (unpaired) electrons. The van der Waals surface area contributed by atoms with Gasteiger partial charge in [-0.3, -0.25) is 14.7 Å². The molecule has 1 aromatic heterocycles. The summed E-state index contributed by atoms with van der Waals surface area (Å²) in [5.41, 5.74) is 6.84. The summed E-state index contributed by atoms with van der Waals surface area (Å²) in [4.78, 5) is 38.3. The van der Waals surface area contributed by atoms with E-state index >= 15 is 4.39 Å². The van der Waals surface area contributed by atoms with Crippen LogP contribution < -0.4 is 15.0 Å². The first-order valence-corrected chi connectivity index (χ1v) is 20.2. The van der Waals surface area contributed by atoms with Gasteiger partial charge in [-0.2, -0.15) is 0 Å². The molecule has 4 aliphatic rings. The third-order valence-electron chi connectivity index (χ3n) is 11.5. The Hall–Kier alpha value is -4.71. The zero-order valence-electron chi connectivity index (χ0n) is 32.5. The number of methoxy groups -OCH3 is 1. The fourth-order valence-corrected chi connectivity index (χ4v) is 8.39. The van der Waals surface area contributed by atoms with Gasteiger partial charge in [-0.25, -0.2) is 9.18 Å². The maximum absolute atomic E-state index is 16.0. The number of hydrogen-bond acceptors (Lipinski definition) is 7. The number of rotatable bonds is 12. The van der Waals surface area contributed by atoms with Crippen molar-refractivity contribution in [2.75, 3.05) is 57.8 Å². The van der Waals surface area contributed by atoms with E-state index in [0.717, 1.165) is 92.7 Å². The highest BCUT2D eigenvalue weighted by atomic mass is 35.5. The van der Waals surface area contributed by atoms with Gasteiger partial charge in [0.25, 0.3) is 5.91 Å². The van der Waals surface area contributed by atoms with Gasteiger partial charge in [-0.1, -0.05) is 38.1 Å². The molecule has 0 bridgehead atoms. The lowest BCUT2D eigenvalue weighted by Crippen LogP contribution is -2.45. The molecular weight excluding hydrogens is 731 g/mol. The summed E-state index contributed by atoms with van der Waals surface area (Å²) in [5, 5.41) is 3.16. The topological polar surface area (TPSA) is 90.5 Å². The number of benzene rings is 2. The Morgan fingerprint density at radius 2 is 1.75 bits per heavy atom. The van der Waals surface area contributed by atoms with Crippen molar-refractivity contribution in [1.82, 2.24) is 25.0 Å². The summed E-state index contributed by atoms with van der Waals surface area (Å²) in [6.07, 6.45) is 12.5. The van der Waals surface area contributed by atoms with Crippen molar-refractivity contribution in [3.8, 4) is 5.75 Å². The van der Waals surface area contributed by atoms with Crippen molar-refractivity contribution in [2.45, 2.75) is 70.5 Å². The van der Waals surface area contributed by atoms with Crippen molar-refractivity contribution < 1.29 is 23.5 Å². The Balaban J connectivity index is 0.898. The minimum absolute atomic E-state index is 0.0755. The van der Waals surface area contributed by atoms with E-state index in [-0.39, 0.29) is 30.0 Å². The van der Waals surface area contributed by atoms with Crippen LogP contribution in [0.1, 0.15) is 84.5 Å². The highest BCUT2D eigenvalue weighted by molar-refractivity contribution is 6.34. The molecule has 1 N–H and O–H groups in total. The molecule has 10 nitrogen and oxygen atoms in total.